The van der Waals surface area contributed by atoms with Crippen molar-refractivity contribution >= 4 is 21.7 Å². The molecule has 0 radical (unpaired) electrons. The second kappa shape index (κ2) is 5.97. The van der Waals surface area contributed by atoms with E-state index in [4.69, 9.17) is 4.74 Å². The number of halogens is 2. The van der Waals surface area contributed by atoms with E-state index in [1.54, 1.807) is 30.3 Å². The number of rotatable bonds is 4. The van der Waals surface area contributed by atoms with E-state index in [9.17, 15) is 9.18 Å². The maximum Gasteiger partial charge on any atom is 0.194 e. The molecule has 0 aliphatic rings. The predicted molar refractivity (Wildman–Crippen MR) is 75.1 cm³/mol. The van der Waals surface area contributed by atoms with Gasteiger partial charge in [0.05, 0.1) is 11.1 Å². The van der Waals surface area contributed by atoms with Gasteiger partial charge < -0.3 is 4.74 Å². The lowest BCUT2D eigenvalue weighted by Gasteiger charge is -2.06. The van der Waals surface area contributed by atoms with Gasteiger partial charge in [-0.2, -0.15) is 0 Å². The molecule has 2 aromatic rings. The quantitative estimate of drug-likeness (QED) is 0.788. The lowest BCUT2D eigenvalue weighted by atomic mass is 10.0. The van der Waals surface area contributed by atoms with E-state index in [2.05, 4.69) is 15.9 Å². The highest BCUT2D eigenvalue weighted by Crippen LogP contribution is 2.24. The van der Waals surface area contributed by atoms with Crippen molar-refractivity contribution in [3.63, 3.8) is 0 Å². The van der Waals surface area contributed by atoms with Crippen LogP contribution in [-0.4, -0.2) is 12.4 Å². The van der Waals surface area contributed by atoms with E-state index in [1.165, 1.54) is 12.1 Å². The lowest BCUT2D eigenvalue weighted by molar-refractivity contribution is 0.103. The van der Waals surface area contributed by atoms with Crippen LogP contribution in [0, 0.1) is 5.82 Å². The van der Waals surface area contributed by atoms with Gasteiger partial charge in [-0.05, 0) is 59.3 Å². The fourth-order valence-corrected chi connectivity index (χ4v) is 2.15. The van der Waals surface area contributed by atoms with Gasteiger partial charge in [0.1, 0.15) is 11.6 Å². The van der Waals surface area contributed by atoms with Crippen molar-refractivity contribution in [2.75, 3.05) is 6.61 Å². The standard InChI is InChI=1S/C15H12BrFO2/c1-2-19-11-8-6-10(7-9-11)15(18)12-4-3-5-13(17)14(12)16/h3-9H,2H2,1H3. The molecule has 2 rings (SSSR count). The van der Waals surface area contributed by atoms with Crippen LogP contribution in [-0.2, 0) is 0 Å². The molecule has 0 unspecified atom stereocenters. The van der Waals surface area contributed by atoms with Crippen molar-refractivity contribution in [2.45, 2.75) is 6.92 Å². The van der Waals surface area contributed by atoms with Crippen LogP contribution in [0.5, 0.6) is 5.75 Å². The smallest absolute Gasteiger partial charge is 0.194 e. The molecule has 0 atom stereocenters. The fourth-order valence-electron chi connectivity index (χ4n) is 1.70. The number of ketones is 1. The molecule has 0 bridgehead atoms. The summed E-state index contributed by atoms with van der Waals surface area (Å²) in [5, 5.41) is 0. The van der Waals surface area contributed by atoms with E-state index < -0.39 is 5.82 Å². The number of ether oxygens (including phenoxy) is 1. The summed E-state index contributed by atoms with van der Waals surface area (Å²) in [7, 11) is 0. The fraction of sp³-hybridized carbons (Fsp3) is 0.133. The number of carbonyl (C=O) groups is 1. The van der Waals surface area contributed by atoms with E-state index >= 15 is 0 Å². The van der Waals surface area contributed by atoms with Crippen molar-refractivity contribution in [3.05, 3.63) is 63.9 Å². The van der Waals surface area contributed by atoms with Crippen LogP contribution >= 0.6 is 15.9 Å². The monoisotopic (exact) mass is 322 g/mol. The van der Waals surface area contributed by atoms with Crippen LogP contribution < -0.4 is 4.74 Å². The molecule has 0 N–H and O–H groups in total. The Hall–Kier alpha value is -1.68. The minimum Gasteiger partial charge on any atom is -0.494 e. The third kappa shape index (κ3) is 3.01. The molecule has 0 aliphatic carbocycles. The van der Waals surface area contributed by atoms with Crippen molar-refractivity contribution in [1.82, 2.24) is 0 Å². The molecule has 2 aromatic carbocycles. The Morgan fingerprint density at radius 3 is 2.53 bits per heavy atom. The van der Waals surface area contributed by atoms with E-state index in [0.29, 0.717) is 23.5 Å². The molecule has 2 nitrogen and oxygen atoms in total. The predicted octanol–water partition coefficient (Wildman–Crippen LogP) is 4.22. The van der Waals surface area contributed by atoms with Gasteiger partial charge in [-0.3, -0.25) is 4.79 Å². The van der Waals surface area contributed by atoms with Crippen LogP contribution in [0.3, 0.4) is 0 Å². The van der Waals surface area contributed by atoms with E-state index in [0.717, 1.165) is 0 Å². The normalized spacial score (nSPS) is 10.3. The van der Waals surface area contributed by atoms with Gasteiger partial charge in [0, 0.05) is 11.1 Å². The Morgan fingerprint density at radius 2 is 1.89 bits per heavy atom. The Bertz CT molecular complexity index is 594. The summed E-state index contributed by atoms with van der Waals surface area (Å²) in [6.07, 6.45) is 0. The topological polar surface area (TPSA) is 26.3 Å². The summed E-state index contributed by atoms with van der Waals surface area (Å²) in [5.74, 6) is 0.0311. The first kappa shape index (κ1) is 13.7. The Kier molecular flexibility index (Phi) is 4.32. The summed E-state index contributed by atoms with van der Waals surface area (Å²) in [4.78, 5) is 12.3. The third-order valence-corrected chi connectivity index (χ3v) is 3.43. The third-order valence-electron chi connectivity index (χ3n) is 2.62. The highest BCUT2D eigenvalue weighted by molar-refractivity contribution is 9.10. The number of hydrogen-bond acceptors (Lipinski definition) is 2. The summed E-state index contributed by atoms with van der Waals surface area (Å²) in [5.41, 5.74) is 0.805. The molecule has 98 valence electrons. The summed E-state index contributed by atoms with van der Waals surface area (Å²) in [6, 6.07) is 11.2. The molecular formula is C15H12BrFO2. The largest absolute Gasteiger partial charge is 0.494 e. The SMILES string of the molecule is CCOc1ccc(C(=O)c2cccc(F)c2Br)cc1. The first-order chi connectivity index (χ1) is 9.13. The molecule has 0 amide bonds. The molecule has 0 heterocycles. The second-order valence-electron chi connectivity index (χ2n) is 3.89. The van der Waals surface area contributed by atoms with Gasteiger partial charge in [-0.25, -0.2) is 4.39 Å². The molecule has 0 saturated carbocycles. The molecule has 0 aliphatic heterocycles. The van der Waals surface area contributed by atoms with Crippen molar-refractivity contribution in [3.8, 4) is 5.75 Å². The van der Waals surface area contributed by atoms with E-state index in [-0.39, 0.29) is 10.3 Å². The Balaban J connectivity index is 2.31. The van der Waals surface area contributed by atoms with Crippen LogP contribution in [0.1, 0.15) is 22.8 Å². The zero-order valence-electron chi connectivity index (χ0n) is 10.3. The van der Waals surface area contributed by atoms with Crippen molar-refractivity contribution in [1.29, 1.82) is 0 Å². The highest BCUT2D eigenvalue weighted by atomic mass is 79.9. The van der Waals surface area contributed by atoms with Gasteiger partial charge in [0.25, 0.3) is 0 Å². The van der Waals surface area contributed by atoms with Crippen LogP contribution in [0.25, 0.3) is 0 Å². The van der Waals surface area contributed by atoms with Crippen molar-refractivity contribution < 1.29 is 13.9 Å². The zero-order valence-corrected chi connectivity index (χ0v) is 11.9. The molecule has 19 heavy (non-hydrogen) atoms. The van der Waals surface area contributed by atoms with Crippen molar-refractivity contribution in [2.24, 2.45) is 0 Å². The maximum absolute atomic E-state index is 13.4. The van der Waals surface area contributed by atoms with Gasteiger partial charge >= 0.3 is 0 Å². The van der Waals surface area contributed by atoms with Crippen LogP contribution in [0.2, 0.25) is 0 Å². The molecular weight excluding hydrogens is 311 g/mol. The summed E-state index contributed by atoms with van der Waals surface area (Å²) < 4.78 is 18.9. The molecule has 0 spiro atoms. The van der Waals surface area contributed by atoms with Crippen LogP contribution in [0.15, 0.2) is 46.9 Å². The average Bonchev–Trinajstić information content (AvgIpc) is 2.42. The van der Waals surface area contributed by atoms with E-state index in [1.807, 2.05) is 6.92 Å². The molecule has 4 heteroatoms. The molecule has 0 saturated heterocycles. The molecule has 0 fully saturated rings. The van der Waals surface area contributed by atoms with Gasteiger partial charge in [-0.15, -0.1) is 0 Å². The summed E-state index contributed by atoms with van der Waals surface area (Å²) >= 11 is 3.10. The van der Waals surface area contributed by atoms with Crippen LogP contribution in [0.4, 0.5) is 4.39 Å². The van der Waals surface area contributed by atoms with Gasteiger partial charge in [-0.1, -0.05) is 6.07 Å². The highest BCUT2D eigenvalue weighted by Gasteiger charge is 2.14. The van der Waals surface area contributed by atoms with Gasteiger partial charge in [0.2, 0.25) is 0 Å². The first-order valence-electron chi connectivity index (χ1n) is 5.85. The second-order valence-corrected chi connectivity index (χ2v) is 4.68. The minimum atomic E-state index is -0.447. The summed E-state index contributed by atoms with van der Waals surface area (Å²) in [6.45, 7) is 2.46. The number of hydrogen-bond donors (Lipinski definition) is 0. The van der Waals surface area contributed by atoms with Gasteiger partial charge in [0.15, 0.2) is 5.78 Å². The number of benzene rings is 2. The Morgan fingerprint density at radius 1 is 1.21 bits per heavy atom. The lowest BCUT2D eigenvalue weighted by Crippen LogP contribution is -2.03. The Labute approximate surface area is 119 Å². The average molecular weight is 323 g/mol. The number of carbonyl (C=O) groups excluding carboxylic acids is 1. The minimum absolute atomic E-state index is 0.189. The maximum atomic E-state index is 13.4. The molecule has 0 aromatic heterocycles. The zero-order chi connectivity index (χ0) is 13.8. The first-order valence-corrected chi connectivity index (χ1v) is 6.64.